The average Bonchev–Trinajstić information content (AvgIpc) is 3.54. The summed E-state index contributed by atoms with van der Waals surface area (Å²) in [6.07, 6.45) is 5.74. The monoisotopic (exact) mass is 355 g/mol. The van der Waals surface area contributed by atoms with Crippen molar-refractivity contribution in [1.82, 2.24) is 10.2 Å². The molecule has 1 aromatic rings. The molecule has 0 radical (unpaired) electrons. The maximum atomic E-state index is 12.6. The highest BCUT2D eigenvalue weighted by Crippen LogP contribution is 2.32. The molecular weight excluding hydrogens is 326 g/mol. The molecule has 1 aliphatic carbocycles. The predicted molar refractivity (Wildman–Crippen MR) is 102 cm³/mol. The van der Waals surface area contributed by atoms with E-state index in [0.29, 0.717) is 5.91 Å². The molecule has 5 nitrogen and oxygen atoms in total. The van der Waals surface area contributed by atoms with Gasteiger partial charge in [-0.05, 0) is 50.7 Å². The smallest absolute Gasteiger partial charge is 0.225 e. The van der Waals surface area contributed by atoms with Crippen molar-refractivity contribution < 1.29 is 9.59 Å². The normalized spacial score (nSPS) is 22.3. The van der Waals surface area contributed by atoms with Crippen LogP contribution in [-0.2, 0) is 9.59 Å². The van der Waals surface area contributed by atoms with Crippen molar-refractivity contribution in [3.63, 3.8) is 0 Å². The first-order chi connectivity index (χ1) is 12.7. The lowest BCUT2D eigenvalue weighted by Gasteiger charge is -2.36. The Bertz CT molecular complexity index is 628. The molecule has 3 fully saturated rings. The molecule has 2 heterocycles. The number of likely N-dealkylation sites (tertiary alicyclic amines) is 1. The molecule has 2 amide bonds. The Balaban J connectivity index is 1.20. The highest BCUT2D eigenvalue weighted by Gasteiger charge is 2.36. The first kappa shape index (κ1) is 17.4. The van der Waals surface area contributed by atoms with E-state index in [1.165, 1.54) is 5.69 Å². The van der Waals surface area contributed by atoms with Gasteiger partial charge in [0.2, 0.25) is 11.8 Å². The van der Waals surface area contributed by atoms with Crippen molar-refractivity contribution >= 4 is 17.5 Å². The third-order valence-corrected chi connectivity index (χ3v) is 6.07. The number of nitrogens with zero attached hydrogens (tertiary/aromatic N) is 2. The van der Waals surface area contributed by atoms with E-state index in [1.807, 2.05) is 11.0 Å². The zero-order chi connectivity index (χ0) is 17.9. The lowest BCUT2D eigenvalue weighted by Crippen LogP contribution is -2.48. The van der Waals surface area contributed by atoms with E-state index in [9.17, 15) is 9.59 Å². The molecule has 0 spiro atoms. The van der Waals surface area contributed by atoms with Crippen LogP contribution in [0, 0.1) is 11.8 Å². The zero-order valence-electron chi connectivity index (χ0n) is 15.4. The van der Waals surface area contributed by atoms with Crippen LogP contribution < -0.4 is 10.2 Å². The summed E-state index contributed by atoms with van der Waals surface area (Å²) < 4.78 is 0. The summed E-state index contributed by atoms with van der Waals surface area (Å²) in [5.74, 6) is 0.874. The maximum absolute atomic E-state index is 12.6. The van der Waals surface area contributed by atoms with E-state index in [2.05, 4.69) is 34.5 Å². The van der Waals surface area contributed by atoms with Gasteiger partial charge in [0.25, 0.3) is 0 Å². The second-order valence-corrected chi connectivity index (χ2v) is 7.98. The molecule has 26 heavy (non-hydrogen) atoms. The fraction of sp³-hybridized carbons (Fsp3) is 0.619. The topological polar surface area (TPSA) is 52.7 Å². The Morgan fingerprint density at radius 2 is 1.46 bits per heavy atom. The van der Waals surface area contributed by atoms with Gasteiger partial charge in [0.05, 0.1) is 0 Å². The number of nitrogens with one attached hydrogen (secondary N) is 1. The van der Waals surface area contributed by atoms with Crippen LogP contribution >= 0.6 is 0 Å². The van der Waals surface area contributed by atoms with Crippen molar-refractivity contribution in [3.05, 3.63) is 30.3 Å². The van der Waals surface area contributed by atoms with Crippen molar-refractivity contribution in [2.24, 2.45) is 11.8 Å². The Hall–Kier alpha value is -2.04. The Kier molecular flexibility index (Phi) is 5.14. The molecule has 0 unspecified atom stereocenters. The van der Waals surface area contributed by atoms with Crippen LogP contribution in [0.3, 0.4) is 0 Å². The fourth-order valence-electron chi connectivity index (χ4n) is 4.19. The number of anilines is 1. The van der Waals surface area contributed by atoms with Gasteiger partial charge in [-0.25, -0.2) is 0 Å². The molecule has 2 aliphatic heterocycles. The largest absolute Gasteiger partial charge is 0.371 e. The summed E-state index contributed by atoms with van der Waals surface area (Å²) in [5.41, 5.74) is 1.27. The number of carbonyl (C=O) groups excluding carboxylic acids is 2. The molecule has 1 N–H and O–H groups in total. The Labute approximate surface area is 155 Å². The Morgan fingerprint density at radius 1 is 0.808 bits per heavy atom. The fourth-order valence-corrected chi connectivity index (χ4v) is 4.19. The van der Waals surface area contributed by atoms with Crippen LogP contribution in [0.25, 0.3) is 0 Å². The van der Waals surface area contributed by atoms with Gasteiger partial charge < -0.3 is 15.1 Å². The zero-order valence-corrected chi connectivity index (χ0v) is 15.4. The van der Waals surface area contributed by atoms with Crippen LogP contribution in [0.15, 0.2) is 30.3 Å². The standard InChI is InChI=1S/C21H29N3O2/c25-20(16-8-12-24(13-9-16)21(26)17-6-7-17)22-18-10-14-23(15-11-18)19-4-2-1-3-5-19/h1-5,16-18H,6-15H2,(H,22,25). The van der Waals surface area contributed by atoms with E-state index >= 15 is 0 Å². The number of carbonyl (C=O) groups is 2. The van der Waals surface area contributed by atoms with Crippen molar-refractivity contribution in [2.45, 2.75) is 44.6 Å². The minimum atomic E-state index is 0.0744. The molecular formula is C21H29N3O2. The first-order valence-electron chi connectivity index (χ1n) is 10.1. The van der Waals surface area contributed by atoms with Gasteiger partial charge in [0, 0.05) is 49.7 Å². The van der Waals surface area contributed by atoms with Gasteiger partial charge >= 0.3 is 0 Å². The SMILES string of the molecule is O=C(NC1CCN(c2ccccc2)CC1)C1CCN(C(=O)C2CC2)CC1. The van der Waals surface area contributed by atoms with Crippen molar-refractivity contribution in [1.29, 1.82) is 0 Å². The summed E-state index contributed by atoms with van der Waals surface area (Å²) in [5, 5.41) is 3.27. The van der Waals surface area contributed by atoms with Gasteiger partial charge in [0.15, 0.2) is 0 Å². The quantitative estimate of drug-likeness (QED) is 0.902. The van der Waals surface area contributed by atoms with Crippen LogP contribution in [0.5, 0.6) is 0 Å². The summed E-state index contributed by atoms with van der Waals surface area (Å²) in [6, 6.07) is 10.8. The van der Waals surface area contributed by atoms with Gasteiger partial charge in [-0.15, -0.1) is 0 Å². The third-order valence-electron chi connectivity index (χ3n) is 6.07. The summed E-state index contributed by atoms with van der Waals surface area (Å²) in [6.45, 7) is 3.48. The van der Waals surface area contributed by atoms with E-state index in [-0.39, 0.29) is 23.8 Å². The predicted octanol–water partition coefficient (Wildman–Crippen LogP) is 2.42. The van der Waals surface area contributed by atoms with Gasteiger partial charge in [-0.2, -0.15) is 0 Å². The van der Waals surface area contributed by atoms with E-state index in [1.54, 1.807) is 0 Å². The van der Waals surface area contributed by atoms with E-state index in [0.717, 1.165) is 64.7 Å². The van der Waals surface area contributed by atoms with Gasteiger partial charge in [0.1, 0.15) is 0 Å². The molecule has 4 rings (SSSR count). The molecule has 3 aliphatic rings. The number of rotatable bonds is 4. The maximum Gasteiger partial charge on any atom is 0.225 e. The van der Waals surface area contributed by atoms with Gasteiger partial charge in [-0.3, -0.25) is 9.59 Å². The number of amides is 2. The highest BCUT2D eigenvalue weighted by atomic mass is 16.2. The average molecular weight is 355 g/mol. The lowest BCUT2D eigenvalue weighted by atomic mass is 9.94. The van der Waals surface area contributed by atoms with Crippen LogP contribution in [-0.4, -0.2) is 48.9 Å². The summed E-state index contributed by atoms with van der Waals surface area (Å²) in [7, 11) is 0. The van der Waals surface area contributed by atoms with Crippen molar-refractivity contribution in [3.8, 4) is 0 Å². The first-order valence-corrected chi connectivity index (χ1v) is 10.1. The number of piperidine rings is 2. The summed E-state index contributed by atoms with van der Waals surface area (Å²) >= 11 is 0. The number of benzene rings is 1. The molecule has 5 heteroatoms. The molecule has 1 aromatic carbocycles. The van der Waals surface area contributed by atoms with E-state index < -0.39 is 0 Å². The number of para-hydroxylation sites is 1. The molecule has 0 atom stereocenters. The van der Waals surface area contributed by atoms with Crippen molar-refractivity contribution in [2.75, 3.05) is 31.1 Å². The van der Waals surface area contributed by atoms with Crippen LogP contribution in [0.1, 0.15) is 38.5 Å². The molecule has 2 saturated heterocycles. The summed E-state index contributed by atoms with van der Waals surface area (Å²) in [4.78, 5) is 29.1. The highest BCUT2D eigenvalue weighted by molar-refractivity contribution is 5.82. The second-order valence-electron chi connectivity index (χ2n) is 7.98. The third kappa shape index (κ3) is 4.02. The minimum Gasteiger partial charge on any atom is -0.371 e. The van der Waals surface area contributed by atoms with Crippen LogP contribution in [0.4, 0.5) is 5.69 Å². The van der Waals surface area contributed by atoms with Crippen LogP contribution in [0.2, 0.25) is 0 Å². The molecule has 1 saturated carbocycles. The second kappa shape index (κ2) is 7.68. The lowest BCUT2D eigenvalue weighted by molar-refractivity contribution is -0.136. The molecule has 0 bridgehead atoms. The van der Waals surface area contributed by atoms with E-state index in [4.69, 9.17) is 0 Å². The number of hydrogen-bond acceptors (Lipinski definition) is 3. The molecule has 140 valence electrons. The minimum absolute atomic E-state index is 0.0744. The Morgan fingerprint density at radius 3 is 2.08 bits per heavy atom. The number of hydrogen-bond donors (Lipinski definition) is 1. The molecule has 0 aromatic heterocycles. The van der Waals surface area contributed by atoms with Gasteiger partial charge in [-0.1, -0.05) is 18.2 Å².